The third-order valence-electron chi connectivity index (χ3n) is 2.06. The lowest BCUT2D eigenvalue weighted by atomic mass is 10.1. The molecule has 6 heteroatoms. The summed E-state index contributed by atoms with van der Waals surface area (Å²) in [4.78, 5) is 0. The lowest BCUT2D eigenvalue weighted by molar-refractivity contribution is -0.166. The highest BCUT2D eigenvalue weighted by Crippen LogP contribution is 2.23. The van der Waals surface area contributed by atoms with Crippen LogP contribution in [0.25, 0.3) is 0 Å². The van der Waals surface area contributed by atoms with Gasteiger partial charge in [0.2, 0.25) is 0 Å². The van der Waals surface area contributed by atoms with Crippen LogP contribution < -0.4 is 0 Å². The molecule has 0 aromatic rings. The Morgan fingerprint density at radius 2 is 2.00 bits per heavy atom. The molecule has 1 saturated heterocycles. The van der Waals surface area contributed by atoms with Crippen LogP contribution in [0.15, 0.2) is 0 Å². The average molecular weight is 194 g/mol. The van der Waals surface area contributed by atoms with Crippen LogP contribution in [0.3, 0.4) is 0 Å². The van der Waals surface area contributed by atoms with E-state index in [1.54, 1.807) is 0 Å². The molecule has 1 fully saturated rings. The molecular formula is C7H14O6. The molecule has 0 radical (unpaired) electrons. The second kappa shape index (κ2) is 4.32. The van der Waals surface area contributed by atoms with Gasteiger partial charge in [-0.2, -0.15) is 0 Å². The molecule has 13 heavy (non-hydrogen) atoms. The second-order valence-corrected chi connectivity index (χ2v) is 2.94. The Balaban J connectivity index is 2.60. The summed E-state index contributed by atoms with van der Waals surface area (Å²) >= 11 is 0. The van der Waals surface area contributed by atoms with Crippen molar-refractivity contribution in [1.29, 1.82) is 0 Å². The first-order valence-electron chi connectivity index (χ1n) is 3.95. The maximum Gasteiger partial charge on any atom is 0.186 e. The number of hydrogen-bond donors (Lipinski definition) is 4. The van der Waals surface area contributed by atoms with Crippen molar-refractivity contribution in [3.63, 3.8) is 0 Å². The zero-order valence-electron chi connectivity index (χ0n) is 7.20. The Hall–Kier alpha value is -0.240. The van der Waals surface area contributed by atoms with E-state index in [9.17, 15) is 10.2 Å². The predicted octanol–water partition coefficient (Wildman–Crippen LogP) is -2.57. The Bertz CT molecular complexity index is 163. The molecule has 1 rings (SSSR count). The van der Waals surface area contributed by atoms with Crippen molar-refractivity contribution in [3.05, 3.63) is 0 Å². The first kappa shape index (κ1) is 10.8. The summed E-state index contributed by atoms with van der Waals surface area (Å²) in [5, 5.41) is 36.4. The van der Waals surface area contributed by atoms with Crippen LogP contribution in [0.2, 0.25) is 0 Å². The summed E-state index contributed by atoms with van der Waals surface area (Å²) in [5.74, 6) is 0. The topological polar surface area (TPSA) is 99.4 Å². The van der Waals surface area contributed by atoms with Gasteiger partial charge < -0.3 is 29.9 Å². The zero-order chi connectivity index (χ0) is 10.0. The smallest absolute Gasteiger partial charge is 0.186 e. The van der Waals surface area contributed by atoms with Gasteiger partial charge in [0.05, 0.1) is 6.61 Å². The molecule has 1 heterocycles. The van der Waals surface area contributed by atoms with Crippen molar-refractivity contribution < 1.29 is 29.9 Å². The maximum absolute atomic E-state index is 9.33. The minimum atomic E-state index is -1.24. The number of methoxy groups -OCH3 is 1. The Kier molecular flexibility index (Phi) is 3.60. The van der Waals surface area contributed by atoms with E-state index in [2.05, 4.69) is 0 Å². The molecule has 6 nitrogen and oxygen atoms in total. The molecule has 78 valence electrons. The monoisotopic (exact) mass is 194 g/mol. The van der Waals surface area contributed by atoms with Gasteiger partial charge in [0.25, 0.3) is 0 Å². The fraction of sp³-hybridized carbons (Fsp3) is 1.00. The quantitative estimate of drug-likeness (QED) is 0.394. The van der Waals surface area contributed by atoms with Crippen molar-refractivity contribution in [3.8, 4) is 0 Å². The third-order valence-corrected chi connectivity index (χ3v) is 2.06. The van der Waals surface area contributed by atoms with E-state index in [4.69, 9.17) is 19.7 Å². The molecule has 0 aromatic heterocycles. The summed E-state index contributed by atoms with van der Waals surface area (Å²) in [7, 11) is 1.31. The van der Waals surface area contributed by atoms with Crippen LogP contribution in [-0.4, -0.2) is 64.8 Å². The van der Waals surface area contributed by atoms with E-state index in [1.807, 2.05) is 0 Å². The van der Waals surface area contributed by atoms with E-state index < -0.39 is 37.3 Å². The Morgan fingerprint density at radius 3 is 2.38 bits per heavy atom. The second-order valence-electron chi connectivity index (χ2n) is 2.94. The van der Waals surface area contributed by atoms with Gasteiger partial charge in [0.15, 0.2) is 6.29 Å². The summed E-state index contributed by atoms with van der Waals surface area (Å²) in [6.07, 6.45) is -5.63. The first-order chi connectivity index (χ1) is 6.11. The van der Waals surface area contributed by atoms with Crippen molar-refractivity contribution >= 4 is 0 Å². The summed E-state index contributed by atoms with van der Waals surface area (Å²) in [6.45, 7) is -0.537. The Morgan fingerprint density at radius 1 is 1.38 bits per heavy atom. The van der Waals surface area contributed by atoms with Gasteiger partial charge in [-0.05, 0) is 0 Å². The summed E-state index contributed by atoms with van der Waals surface area (Å²) < 4.78 is 9.65. The molecule has 0 unspecified atom stereocenters. The summed E-state index contributed by atoms with van der Waals surface area (Å²) in [6, 6.07) is 0. The average Bonchev–Trinajstić information content (AvgIpc) is 2.43. The molecule has 0 aromatic carbocycles. The fourth-order valence-corrected chi connectivity index (χ4v) is 1.29. The molecule has 5 atom stereocenters. The van der Waals surface area contributed by atoms with Crippen molar-refractivity contribution in [2.45, 2.75) is 30.7 Å². The van der Waals surface area contributed by atoms with Crippen molar-refractivity contribution in [2.75, 3.05) is 13.7 Å². The number of aliphatic hydroxyl groups excluding tert-OH is 4. The maximum atomic E-state index is 9.33. The van der Waals surface area contributed by atoms with E-state index in [1.165, 1.54) is 7.11 Å². The highest BCUT2D eigenvalue weighted by atomic mass is 16.7. The van der Waals surface area contributed by atoms with Crippen LogP contribution in [-0.2, 0) is 9.47 Å². The largest absolute Gasteiger partial charge is 0.394 e. The minimum Gasteiger partial charge on any atom is -0.394 e. The number of ether oxygens (including phenoxy) is 2. The highest BCUT2D eigenvalue weighted by molar-refractivity contribution is 4.90. The van der Waals surface area contributed by atoms with Crippen LogP contribution in [0, 0.1) is 0 Å². The van der Waals surface area contributed by atoms with Gasteiger partial charge in [-0.1, -0.05) is 0 Å². The molecule has 1 aliphatic heterocycles. The van der Waals surface area contributed by atoms with Gasteiger partial charge >= 0.3 is 0 Å². The molecule has 0 aliphatic carbocycles. The van der Waals surface area contributed by atoms with E-state index in [0.717, 1.165) is 0 Å². The lowest BCUT2D eigenvalue weighted by Gasteiger charge is -2.18. The number of hydrogen-bond acceptors (Lipinski definition) is 6. The van der Waals surface area contributed by atoms with E-state index in [-0.39, 0.29) is 0 Å². The van der Waals surface area contributed by atoms with Crippen molar-refractivity contribution in [2.24, 2.45) is 0 Å². The van der Waals surface area contributed by atoms with Gasteiger partial charge in [-0.15, -0.1) is 0 Å². The molecular weight excluding hydrogens is 180 g/mol. The predicted molar refractivity (Wildman–Crippen MR) is 40.8 cm³/mol. The normalized spacial score (nSPS) is 42.2. The zero-order valence-corrected chi connectivity index (χ0v) is 7.20. The van der Waals surface area contributed by atoms with Crippen molar-refractivity contribution in [1.82, 2.24) is 0 Å². The molecule has 1 aliphatic rings. The Labute approximate surface area is 75.3 Å². The molecule has 0 spiro atoms. The van der Waals surface area contributed by atoms with Crippen LogP contribution in [0.5, 0.6) is 0 Å². The van der Waals surface area contributed by atoms with Crippen LogP contribution >= 0.6 is 0 Å². The molecule has 0 amide bonds. The van der Waals surface area contributed by atoms with Gasteiger partial charge in [-0.3, -0.25) is 0 Å². The highest BCUT2D eigenvalue weighted by Gasteiger charge is 2.45. The van der Waals surface area contributed by atoms with E-state index in [0.29, 0.717) is 0 Å². The molecule has 0 bridgehead atoms. The lowest BCUT2D eigenvalue weighted by Crippen LogP contribution is -2.40. The van der Waals surface area contributed by atoms with E-state index >= 15 is 0 Å². The third kappa shape index (κ3) is 1.98. The van der Waals surface area contributed by atoms with Crippen LogP contribution in [0.4, 0.5) is 0 Å². The van der Waals surface area contributed by atoms with Gasteiger partial charge in [-0.25, -0.2) is 0 Å². The van der Waals surface area contributed by atoms with Gasteiger partial charge in [0.1, 0.15) is 24.4 Å². The SMILES string of the molecule is CO[C@H]1O[C@H]([C@H](O)CO)[C@@H](O)[C@@H]1O. The van der Waals surface area contributed by atoms with Gasteiger partial charge in [0, 0.05) is 7.11 Å². The minimum absolute atomic E-state index is 0.537. The fourth-order valence-electron chi connectivity index (χ4n) is 1.29. The van der Waals surface area contributed by atoms with Crippen LogP contribution in [0.1, 0.15) is 0 Å². The standard InChI is InChI=1S/C7H14O6/c1-12-7-5(11)4(10)6(13-7)3(9)2-8/h3-11H,2H2,1H3/t3-,4+,5+,6-,7+/m1/s1. The first-order valence-corrected chi connectivity index (χ1v) is 3.95. The molecule has 4 N–H and O–H groups in total. The number of aliphatic hydroxyl groups is 4. The summed E-state index contributed by atoms with van der Waals surface area (Å²) in [5.41, 5.74) is 0. The molecule has 0 saturated carbocycles. The number of rotatable bonds is 3.